The predicted molar refractivity (Wildman–Crippen MR) is 76.3 cm³/mol. The number of benzene rings is 1. The zero-order valence-electron chi connectivity index (χ0n) is 11.6. The molecule has 0 heterocycles. The number of aliphatic hydroxyl groups excluding tert-OH is 1. The number of carbonyl (C=O) groups excluding carboxylic acids is 1. The summed E-state index contributed by atoms with van der Waals surface area (Å²) in [5, 5.41) is 14.0. The van der Waals surface area contributed by atoms with Gasteiger partial charge in [0.1, 0.15) is 0 Å². The van der Waals surface area contributed by atoms with Crippen LogP contribution in [-0.2, 0) is 0 Å². The molecule has 0 bridgehead atoms. The molecule has 1 aromatic rings. The lowest BCUT2D eigenvalue weighted by Crippen LogP contribution is -2.46. The predicted octanol–water partition coefficient (Wildman–Crippen LogP) is 3.58. The van der Waals surface area contributed by atoms with Crippen LogP contribution in [0.5, 0.6) is 0 Å². The normalized spacial score (nSPS) is 12.1. The van der Waals surface area contributed by atoms with Crippen molar-refractivity contribution in [3.63, 3.8) is 0 Å². The Balaban J connectivity index is 2.58. The molecular weight excluding hydrogens is 305 g/mol. The molecule has 21 heavy (non-hydrogen) atoms. The number of urea groups is 1. The zero-order chi connectivity index (χ0) is 16.1. The molecule has 118 valence electrons. The van der Waals surface area contributed by atoms with E-state index in [1.807, 2.05) is 0 Å². The van der Waals surface area contributed by atoms with Crippen molar-refractivity contribution in [1.82, 2.24) is 5.32 Å². The Morgan fingerprint density at radius 1 is 1.24 bits per heavy atom. The van der Waals surface area contributed by atoms with E-state index in [0.29, 0.717) is 12.1 Å². The molecule has 8 heteroatoms. The maximum Gasteiger partial charge on any atom is 0.446 e. The Labute approximate surface area is 125 Å². The molecule has 1 aromatic carbocycles. The van der Waals surface area contributed by atoms with Gasteiger partial charge < -0.3 is 15.7 Å². The average Bonchev–Trinajstić information content (AvgIpc) is 2.28. The summed E-state index contributed by atoms with van der Waals surface area (Å²) in [6.07, 6.45) is 0.390. The molecule has 0 saturated carbocycles. The summed E-state index contributed by atoms with van der Waals surface area (Å²) < 4.78 is 36.5. The average molecular weight is 322 g/mol. The SMILES string of the molecule is CC(C)(CCO)NC(=O)Nc1ccc(SC(F)(F)F)cc1. The molecule has 0 aliphatic rings. The lowest BCUT2D eigenvalue weighted by Gasteiger charge is -2.25. The van der Waals surface area contributed by atoms with E-state index in [4.69, 9.17) is 5.11 Å². The molecule has 1 rings (SSSR count). The number of thioether (sulfide) groups is 1. The zero-order valence-corrected chi connectivity index (χ0v) is 12.4. The first-order chi connectivity index (χ1) is 9.61. The van der Waals surface area contributed by atoms with Crippen LogP contribution in [-0.4, -0.2) is 28.8 Å². The Morgan fingerprint density at radius 2 is 1.81 bits per heavy atom. The number of alkyl halides is 3. The van der Waals surface area contributed by atoms with Crippen molar-refractivity contribution < 1.29 is 23.1 Å². The van der Waals surface area contributed by atoms with Gasteiger partial charge in [-0.3, -0.25) is 0 Å². The highest BCUT2D eigenvalue weighted by molar-refractivity contribution is 8.00. The summed E-state index contributed by atoms with van der Waals surface area (Å²) in [6, 6.07) is 4.88. The van der Waals surface area contributed by atoms with Crippen molar-refractivity contribution in [3.05, 3.63) is 24.3 Å². The van der Waals surface area contributed by atoms with Crippen molar-refractivity contribution in [2.45, 2.75) is 36.2 Å². The van der Waals surface area contributed by atoms with Gasteiger partial charge >= 0.3 is 11.5 Å². The van der Waals surface area contributed by atoms with E-state index in [9.17, 15) is 18.0 Å². The highest BCUT2D eigenvalue weighted by Crippen LogP contribution is 2.36. The minimum atomic E-state index is -4.33. The van der Waals surface area contributed by atoms with Crippen molar-refractivity contribution in [1.29, 1.82) is 0 Å². The Kier molecular flexibility index (Phi) is 5.91. The third-order valence-electron chi connectivity index (χ3n) is 2.53. The van der Waals surface area contributed by atoms with Crippen molar-refractivity contribution in [2.24, 2.45) is 0 Å². The second kappa shape index (κ2) is 7.04. The van der Waals surface area contributed by atoms with Crippen LogP contribution >= 0.6 is 11.8 Å². The summed E-state index contributed by atoms with van der Waals surface area (Å²) in [7, 11) is 0. The summed E-state index contributed by atoms with van der Waals surface area (Å²) in [4.78, 5) is 11.8. The van der Waals surface area contributed by atoms with Gasteiger partial charge in [0.05, 0.1) is 0 Å². The standard InChI is InChI=1S/C13H17F3N2O2S/c1-12(2,7-8-19)18-11(20)17-9-3-5-10(6-4-9)21-13(14,15)16/h3-6,19H,7-8H2,1-2H3,(H2,17,18,20). The molecule has 0 radical (unpaired) electrons. The highest BCUT2D eigenvalue weighted by atomic mass is 32.2. The topological polar surface area (TPSA) is 61.4 Å². The van der Waals surface area contributed by atoms with Crippen molar-refractivity contribution in [2.75, 3.05) is 11.9 Å². The molecule has 0 aromatic heterocycles. The van der Waals surface area contributed by atoms with E-state index < -0.39 is 17.1 Å². The number of carbonyl (C=O) groups is 1. The number of hydrogen-bond acceptors (Lipinski definition) is 3. The van der Waals surface area contributed by atoms with E-state index in [-0.39, 0.29) is 23.3 Å². The Morgan fingerprint density at radius 3 is 2.29 bits per heavy atom. The molecule has 0 aliphatic carbocycles. The first-order valence-electron chi connectivity index (χ1n) is 6.17. The Hall–Kier alpha value is -1.41. The van der Waals surface area contributed by atoms with E-state index >= 15 is 0 Å². The van der Waals surface area contributed by atoms with Crippen LogP contribution in [0.15, 0.2) is 29.2 Å². The summed E-state index contributed by atoms with van der Waals surface area (Å²) in [5.41, 5.74) is -4.52. The van der Waals surface area contributed by atoms with Crippen LogP contribution in [0.25, 0.3) is 0 Å². The van der Waals surface area contributed by atoms with Gasteiger partial charge in [0, 0.05) is 22.7 Å². The molecule has 2 amide bonds. The highest BCUT2D eigenvalue weighted by Gasteiger charge is 2.29. The summed E-state index contributed by atoms with van der Waals surface area (Å²) in [6.45, 7) is 3.45. The quantitative estimate of drug-likeness (QED) is 0.726. The number of amides is 2. The maximum atomic E-state index is 12.2. The monoisotopic (exact) mass is 322 g/mol. The van der Waals surface area contributed by atoms with E-state index in [1.54, 1.807) is 13.8 Å². The smallest absolute Gasteiger partial charge is 0.396 e. The molecule has 0 unspecified atom stereocenters. The van der Waals surface area contributed by atoms with Crippen LogP contribution in [0.4, 0.5) is 23.7 Å². The first kappa shape index (κ1) is 17.6. The van der Waals surface area contributed by atoms with Gasteiger partial charge in [-0.1, -0.05) is 0 Å². The molecule has 3 N–H and O–H groups in total. The summed E-state index contributed by atoms with van der Waals surface area (Å²) in [5.74, 6) is 0. The Bertz CT molecular complexity index is 475. The van der Waals surface area contributed by atoms with Gasteiger partial charge in [0.25, 0.3) is 0 Å². The molecule has 0 aliphatic heterocycles. The van der Waals surface area contributed by atoms with Crippen molar-refractivity contribution in [3.8, 4) is 0 Å². The number of anilines is 1. The first-order valence-corrected chi connectivity index (χ1v) is 6.99. The van der Waals surface area contributed by atoms with Crippen LogP contribution < -0.4 is 10.6 Å². The van der Waals surface area contributed by atoms with Crippen LogP contribution in [0, 0.1) is 0 Å². The second-order valence-corrected chi connectivity index (χ2v) is 6.15. The minimum Gasteiger partial charge on any atom is -0.396 e. The third-order valence-corrected chi connectivity index (χ3v) is 3.27. The van der Waals surface area contributed by atoms with Gasteiger partial charge in [-0.25, -0.2) is 4.79 Å². The fourth-order valence-corrected chi connectivity index (χ4v) is 2.09. The van der Waals surface area contributed by atoms with Gasteiger partial charge in [0.15, 0.2) is 0 Å². The fraction of sp³-hybridized carbons (Fsp3) is 0.462. The number of aliphatic hydroxyl groups is 1. The van der Waals surface area contributed by atoms with Gasteiger partial charge in [-0.2, -0.15) is 13.2 Å². The van der Waals surface area contributed by atoms with Gasteiger partial charge in [-0.05, 0) is 56.3 Å². The van der Waals surface area contributed by atoms with E-state index in [0.717, 1.165) is 0 Å². The van der Waals surface area contributed by atoms with Crippen molar-refractivity contribution >= 4 is 23.5 Å². The van der Waals surface area contributed by atoms with Gasteiger partial charge in [-0.15, -0.1) is 0 Å². The fourth-order valence-electron chi connectivity index (χ4n) is 1.55. The lowest BCUT2D eigenvalue weighted by atomic mass is 10.0. The molecule has 0 spiro atoms. The van der Waals surface area contributed by atoms with E-state index in [2.05, 4.69) is 10.6 Å². The summed E-state index contributed by atoms with van der Waals surface area (Å²) >= 11 is -0.211. The van der Waals surface area contributed by atoms with E-state index in [1.165, 1.54) is 24.3 Å². The number of rotatable bonds is 5. The third kappa shape index (κ3) is 7.24. The minimum absolute atomic E-state index is 0.0501. The largest absolute Gasteiger partial charge is 0.446 e. The lowest BCUT2D eigenvalue weighted by molar-refractivity contribution is -0.0328. The molecular formula is C13H17F3N2O2S. The number of halogens is 3. The number of nitrogens with one attached hydrogen (secondary N) is 2. The molecule has 0 saturated heterocycles. The second-order valence-electron chi connectivity index (χ2n) is 5.01. The van der Waals surface area contributed by atoms with Crippen LogP contribution in [0.3, 0.4) is 0 Å². The van der Waals surface area contributed by atoms with Crippen LogP contribution in [0.1, 0.15) is 20.3 Å². The van der Waals surface area contributed by atoms with Gasteiger partial charge in [0.2, 0.25) is 0 Å². The molecule has 4 nitrogen and oxygen atoms in total. The van der Waals surface area contributed by atoms with Crippen LogP contribution in [0.2, 0.25) is 0 Å². The maximum absolute atomic E-state index is 12.2. The number of hydrogen-bond donors (Lipinski definition) is 3. The molecule has 0 fully saturated rings. The molecule has 0 atom stereocenters.